The van der Waals surface area contributed by atoms with Crippen molar-refractivity contribution in [3.05, 3.63) is 27.9 Å². The highest BCUT2D eigenvalue weighted by molar-refractivity contribution is 8.00. The van der Waals surface area contributed by atoms with E-state index in [4.69, 9.17) is 0 Å². The van der Waals surface area contributed by atoms with E-state index in [2.05, 4.69) is 4.98 Å². The summed E-state index contributed by atoms with van der Waals surface area (Å²) in [7, 11) is 0. The van der Waals surface area contributed by atoms with Crippen molar-refractivity contribution in [2.24, 2.45) is 0 Å². The van der Waals surface area contributed by atoms with E-state index in [1.165, 1.54) is 17.8 Å². The Hall–Kier alpha value is -1.14. The lowest BCUT2D eigenvalue weighted by Crippen LogP contribution is -2.15. The molecule has 0 amide bonds. The molecule has 6 heteroatoms. The molecular weight excluding hydrogens is 228 g/mol. The van der Waals surface area contributed by atoms with Crippen molar-refractivity contribution in [3.8, 4) is 0 Å². The molecule has 2 atom stereocenters. The van der Waals surface area contributed by atoms with Crippen LogP contribution in [-0.4, -0.2) is 26.4 Å². The minimum Gasteiger partial charge on any atom is -0.392 e. The van der Waals surface area contributed by atoms with E-state index in [0.29, 0.717) is 5.03 Å². The Balaban J connectivity index is 2.99. The van der Waals surface area contributed by atoms with Gasteiger partial charge in [0.25, 0.3) is 0 Å². The van der Waals surface area contributed by atoms with Crippen molar-refractivity contribution in [3.63, 3.8) is 0 Å². The summed E-state index contributed by atoms with van der Waals surface area (Å²) in [4.78, 5) is 14.4. The van der Waals surface area contributed by atoms with Crippen LogP contribution in [0.15, 0.2) is 17.3 Å². The summed E-state index contributed by atoms with van der Waals surface area (Å²) in [5.41, 5.74) is 0.748. The first-order valence-electron chi connectivity index (χ1n) is 4.87. The van der Waals surface area contributed by atoms with Crippen molar-refractivity contribution in [1.82, 2.24) is 4.98 Å². The largest absolute Gasteiger partial charge is 0.392 e. The number of hydrogen-bond donors (Lipinski definition) is 1. The highest BCUT2D eigenvalue weighted by atomic mass is 32.2. The van der Waals surface area contributed by atoms with Gasteiger partial charge in [0.05, 0.1) is 11.0 Å². The van der Waals surface area contributed by atoms with Crippen LogP contribution in [0.1, 0.15) is 19.4 Å². The Morgan fingerprint density at radius 2 is 2.19 bits per heavy atom. The summed E-state index contributed by atoms with van der Waals surface area (Å²) in [6.07, 6.45) is 1.05. The van der Waals surface area contributed by atoms with Gasteiger partial charge in [-0.2, -0.15) is 0 Å². The summed E-state index contributed by atoms with van der Waals surface area (Å²) < 4.78 is 0. The molecular formula is C10H14N2O3S. The minimum absolute atomic E-state index is 0.00231. The fourth-order valence-electron chi connectivity index (χ4n) is 1.04. The second-order valence-electron chi connectivity index (χ2n) is 3.66. The van der Waals surface area contributed by atoms with E-state index < -0.39 is 11.0 Å². The quantitative estimate of drug-likeness (QED) is 0.497. The van der Waals surface area contributed by atoms with Crippen LogP contribution in [0.5, 0.6) is 0 Å². The molecule has 1 aromatic heterocycles. The fraction of sp³-hybridized carbons (Fsp3) is 0.500. The second kappa shape index (κ2) is 5.27. The Labute approximate surface area is 98.0 Å². The molecule has 1 aromatic rings. The smallest absolute Gasteiger partial charge is 0.301 e. The monoisotopic (exact) mass is 242 g/mol. The van der Waals surface area contributed by atoms with Crippen molar-refractivity contribution in [1.29, 1.82) is 0 Å². The van der Waals surface area contributed by atoms with Crippen LogP contribution in [0.25, 0.3) is 0 Å². The van der Waals surface area contributed by atoms with Crippen LogP contribution >= 0.6 is 11.8 Å². The second-order valence-corrected chi connectivity index (χ2v) is 5.02. The standard InChI is InChI=1S/C10H14N2O3S/c1-6-4-9(12(14)15)10(11-5-6)16-8(3)7(2)13/h4-5,7-8,13H,1-3H3. The molecule has 0 spiro atoms. The maximum Gasteiger partial charge on any atom is 0.301 e. The van der Waals surface area contributed by atoms with Crippen molar-refractivity contribution < 1.29 is 10.0 Å². The molecule has 0 fully saturated rings. The third kappa shape index (κ3) is 3.18. The van der Waals surface area contributed by atoms with Gasteiger partial charge in [0.1, 0.15) is 0 Å². The van der Waals surface area contributed by atoms with Crippen LogP contribution in [0.2, 0.25) is 0 Å². The number of rotatable bonds is 4. The first kappa shape index (κ1) is 12.9. The zero-order valence-electron chi connectivity index (χ0n) is 9.38. The predicted molar refractivity (Wildman–Crippen MR) is 62.6 cm³/mol. The topological polar surface area (TPSA) is 76.3 Å². The minimum atomic E-state index is -0.535. The summed E-state index contributed by atoms with van der Waals surface area (Å²) in [5.74, 6) is 0. The van der Waals surface area contributed by atoms with Gasteiger partial charge in [-0.3, -0.25) is 10.1 Å². The molecule has 88 valence electrons. The summed E-state index contributed by atoms with van der Waals surface area (Å²) in [6.45, 7) is 5.21. The normalized spacial score (nSPS) is 14.5. The zero-order valence-corrected chi connectivity index (χ0v) is 10.2. The molecule has 0 saturated carbocycles. The van der Waals surface area contributed by atoms with E-state index in [9.17, 15) is 15.2 Å². The molecule has 1 heterocycles. The molecule has 0 saturated heterocycles. The first-order valence-corrected chi connectivity index (χ1v) is 5.75. The average Bonchev–Trinajstić information content (AvgIpc) is 2.20. The highest BCUT2D eigenvalue weighted by Crippen LogP contribution is 2.31. The molecule has 0 aromatic carbocycles. The number of aromatic nitrogens is 1. The summed E-state index contributed by atoms with van der Waals surface area (Å²) in [5, 5.41) is 20.4. The van der Waals surface area contributed by atoms with Crippen molar-refractivity contribution in [2.45, 2.75) is 37.2 Å². The van der Waals surface area contributed by atoms with Crippen LogP contribution in [0.3, 0.4) is 0 Å². The Morgan fingerprint density at radius 3 is 2.69 bits per heavy atom. The van der Waals surface area contributed by atoms with Crippen molar-refractivity contribution in [2.75, 3.05) is 0 Å². The van der Waals surface area contributed by atoms with Gasteiger partial charge in [-0.1, -0.05) is 18.7 Å². The van der Waals surface area contributed by atoms with Gasteiger partial charge in [0.2, 0.25) is 0 Å². The zero-order chi connectivity index (χ0) is 12.3. The lowest BCUT2D eigenvalue weighted by atomic mass is 10.3. The Kier molecular flexibility index (Phi) is 4.26. The molecule has 0 radical (unpaired) electrons. The van der Waals surface area contributed by atoms with Crippen LogP contribution in [0, 0.1) is 17.0 Å². The average molecular weight is 242 g/mol. The van der Waals surface area contributed by atoms with E-state index in [1.54, 1.807) is 27.0 Å². The molecule has 5 nitrogen and oxygen atoms in total. The number of aryl methyl sites for hydroxylation is 1. The third-order valence-corrected chi connectivity index (χ3v) is 3.45. The van der Waals surface area contributed by atoms with Crippen LogP contribution in [0.4, 0.5) is 5.69 Å². The number of hydrogen-bond acceptors (Lipinski definition) is 5. The molecule has 0 aliphatic carbocycles. The SMILES string of the molecule is Cc1cnc(SC(C)C(C)O)c([N+](=O)[O-])c1. The number of nitrogens with zero attached hydrogens (tertiary/aromatic N) is 2. The van der Waals surface area contributed by atoms with Gasteiger partial charge >= 0.3 is 5.69 Å². The molecule has 1 rings (SSSR count). The molecule has 0 aliphatic heterocycles. The first-order chi connectivity index (χ1) is 7.41. The number of thioether (sulfide) groups is 1. The maximum absolute atomic E-state index is 10.8. The lowest BCUT2D eigenvalue weighted by Gasteiger charge is -2.13. The van der Waals surface area contributed by atoms with Gasteiger partial charge in [-0.25, -0.2) is 4.98 Å². The lowest BCUT2D eigenvalue weighted by molar-refractivity contribution is -0.388. The van der Waals surface area contributed by atoms with Gasteiger partial charge in [-0.05, 0) is 19.4 Å². The van der Waals surface area contributed by atoms with E-state index in [1.807, 2.05) is 0 Å². The predicted octanol–water partition coefficient (Wildman–Crippen LogP) is 2.16. The Morgan fingerprint density at radius 1 is 1.56 bits per heavy atom. The van der Waals surface area contributed by atoms with Crippen molar-refractivity contribution >= 4 is 17.4 Å². The number of aliphatic hydroxyl groups is 1. The number of nitro groups is 1. The van der Waals surface area contributed by atoms with Gasteiger partial charge in [0.15, 0.2) is 5.03 Å². The van der Waals surface area contributed by atoms with E-state index >= 15 is 0 Å². The fourth-order valence-corrected chi connectivity index (χ4v) is 1.95. The number of aliphatic hydroxyl groups excluding tert-OH is 1. The molecule has 0 aliphatic rings. The van der Waals surface area contributed by atoms with E-state index in [-0.39, 0.29) is 10.9 Å². The van der Waals surface area contributed by atoms with Gasteiger partial charge in [-0.15, -0.1) is 0 Å². The molecule has 2 unspecified atom stereocenters. The summed E-state index contributed by atoms with van der Waals surface area (Å²) in [6, 6.07) is 1.49. The molecule has 1 N–H and O–H groups in total. The third-order valence-electron chi connectivity index (χ3n) is 2.14. The van der Waals surface area contributed by atoms with E-state index in [0.717, 1.165) is 5.56 Å². The Bertz CT molecular complexity index is 396. The van der Waals surface area contributed by atoms with Crippen LogP contribution < -0.4 is 0 Å². The number of pyridine rings is 1. The maximum atomic E-state index is 10.8. The molecule has 16 heavy (non-hydrogen) atoms. The van der Waals surface area contributed by atoms with Crippen LogP contribution in [-0.2, 0) is 0 Å². The van der Waals surface area contributed by atoms with Gasteiger partial charge in [0, 0.05) is 17.5 Å². The molecule has 0 bridgehead atoms. The van der Waals surface area contributed by atoms with Gasteiger partial charge < -0.3 is 5.11 Å². The summed E-state index contributed by atoms with van der Waals surface area (Å²) >= 11 is 1.21. The highest BCUT2D eigenvalue weighted by Gasteiger charge is 2.20.